The number of aliphatic hydroxyl groups excluding tert-OH is 10. The molecule has 0 saturated carbocycles. The van der Waals surface area contributed by atoms with Crippen molar-refractivity contribution in [1.29, 1.82) is 0 Å². The Balaban J connectivity index is 1.98. The van der Waals surface area contributed by atoms with Gasteiger partial charge in [-0.25, -0.2) is 4.79 Å². The van der Waals surface area contributed by atoms with E-state index in [2.05, 4.69) is 10.6 Å². The molecular formula is C25H42N2O19. The van der Waals surface area contributed by atoms with Crippen molar-refractivity contribution in [2.24, 2.45) is 0 Å². The molecule has 21 nitrogen and oxygen atoms in total. The molecule has 266 valence electrons. The first kappa shape index (κ1) is 38.3. The lowest BCUT2D eigenvalue weighted by Crippen LogP contribution is -2.71. The molecule has 3 saturated heterocycles. The first-order valence-corrected chi connectivity index (χ1v) is 14.2. The van der Waals surface area contributed by atoms with E-state index in [0.29, 0.717) is 0 Å². The molecule has 0 unspecified atom stereocenters. The number of hydrogen-bond acceptors (Lipinski definition) is 18. The van der Waals surface area contributed by atoms with Crippen molar-refractivity contribution < 1.29 is 94.2 Å². The minimum absolute atomic E-state index is 0.720. The van der Waals surface area contributed by atoms with Gasteiger partial charge in [0, 0.05) is 20.3 Å². The van der Waals surface area contributed by atoms with E-state index in [-0.39, 0.29) is 0 Å². The molecule has 3 heterocycles. The van der Waals surface area contributed by atoms with Crippen LogP contribution in [-0.4, -0.2) is 191 Å². The Labute approximate surface area is 260 Å². The molecule has 46 heavy (non-hydrogen) atoms. The van der Waals surface area contributed by atoms with Crippen LogP contribution in [0.4, 0.5) is 0 Å². The summed E-state index contributed by atoms with van der Waals surface area (Å²) in [4.78, 5) is 36.2. The number of carbonyl (C=O) groups is 3. The predicted octanol–water partition coefficient (Wildman–Crippen LogP) is -8.08. The number of ether oxygens (including phenoxy) is 5. The molecule has 0 aliphatic carbocycles. The topological polar surface area (TPSA) is 344 Å². The van der Waals surface area contributed by atoms with Crippen LogP contribution in [0, 0.1) is 0 Å². The number of carbonyl (C=O) groups excluding carboxylic acids is 2. The van der Waals surface area contributed by atoms with E-state index in [1.807, 2.05) is 0 Å². The van der Waals surface area contributed by atoms with Crippen LogP contribution >= 0.6 is 0 Å². The Morgan fingerprint density at radius 1 is 0.848 bits per heavy atom. The monoisotopic (exact) mass is 674 g/mol. The maximum absolute atomic E-state index is 12.6. The zero-order valence-corrected chi connectivity index (χ0v) is 24.7. The summed E-state index contributed by atoms with van der Waals surface area (Å²) in [5.41, 5.74) is 0. The molecule has 0 bridgehead atoms. The lowest BCUT2D eigenvalue weighted by atomic mass is 9.88. The van der Waals surface area contributed by atoms with E-state index < -0.39 is 142 Å². The summed E-state index contributed by atoms with van der Waals surface area (Å²) in [6.45, 7) is -0.777. The van der Waals surface area contributed by atoms with E-state index in [4.69, 9.17) is 23.7 Å². The highest BCUT2D eigenvalue weighted by Crippen LogP contribution is 2.38. The van der Waals surface area contributed by atoms with Gasteiger partial charge in [0.1, 0.15) is 67.1 Å². The van der Waals surface area contributed by atoms with Crippen molar-refractivity contribution in [2.75, 3.05) is 19.8 Å². The van der Waals surface area contributed by atoms with Crippen molar-refractivity contribution in [3.8, 4) is 0 Å². The molecule has 0 spiro atoms. The minimum atomic E-state index is -3.04. The van der Waals surface area contributed by atoms with Crippen molar-refractivity contribution in [1.82, 2.24) is 10.6 Å². The van der Waals surface area contributed by atoms with Crippen LogP contribution in [0.3, 0.4) is 0 Å². The number of carboxylic acid groups (broad SMARTS) is 1. The van der Waals surface area contributed by atoms with Crippen LogP contribution in [0.15, 0.2) is 0 Å². The first-order valence-electron chi connectivity index (χ1n) is 14.2. The third kappa shape index (κ3) is 8.08. The van der Waals surface area contributed by atoms with Crippen LogP contribution in [0.25, 0.3) is 0 Å². The van der Waals surface area contributed by atoms with Gasteiger partial charge in [0.2, 0.25) is 11.8 Å². The molecule has 3 rings (SSSR count). The molecule has 13 N–H and O–H groups in total. The Hall–Kier alpha value is -2.19. The standard InChI is InChI=1S/C25H42N2O19/c1-7(31)26-13-9(33)3-25(24(40)41,45-20(13)15(35)10(34)4-28)46-21-17(37)12(6-30)43-23(18(21)38)44-19-14(27-8(2)32)22(39)42-11(5-29)16(19)36/h9-23,28-30,33-39H,3-6H2,1-2H3,(H,26,31)(H,27,32)(H,40,41)/t9-,10+,11+,12+,13+,14+,15+,16+,17+,18+,19+,20+,21-,22+,23-,25-/m0/s1. The van der Waals surface area contributed by atoms with Crippen molar-refractivity contribution in [3.63, 3.8) is 0 Å². The van der Waals surface area contributed by atoms with Gasteiger partial charge in [-0.1, -0.05) is 0 Å². The molecule has 0 aromatic heterocycles. The highest BCUT2D eigenvalue weighted by Gasteiger charge is 2.60. The highest BCUT2D eigenvalue weighted by molar-refractivity contribution is 5.76. The lowest BCUT2D eigenvalue weighted by molar-refractivity contribution is -0.380. The van der Waals surface area contributed by atoms with Gasteiger partial charge in [-0.2, -0.15) is 0 Å². The van der Waals surface area contributed by atoms with Crippen molar-refractivity contribution in [2.45, 2.75) is 118 Å². The summed E-state index contributed by atoms with van der Waals surface area (Å²) in [5, 5.41) is 118. The van der Waals surface area contributed by atoms with Crippen molar-refractivity contribution >= 4 is 17.8 Å². The second-order valence-electron chi connectivity index (χ2n) is 11.2. The van der Waals surface area contributed by atoms with Crippen LogP contribution < -0.4 is 10.6 Å². The van der Waals surface area contributed by atoms with E-state index >= 15 is 0 Å². The van der Waals surface area contributed by atoms with E-state index in [1.54, 1.807) is 0 Å². The fraction of sp³-hybridized carbons (Fsp3) is 0.880. The number of amides is 2. The van der Waals surface area contributed by atoms with Crippen molar-refractivity contribution in [3.05, 3.63) is 0 Å². The normalized spacial score (nSPS) is 42.9. The molecular weight excluding hydrogens is 632 g/mol. The third-order valence-electron chi connectivity index (χ3n) is 7.87. The lowest BCUT2D eigenvalue weighted by Gasteiger charge is -2.50. The molecule has 16 atom stereocenters. The van der Waals surface area contributed by atoms with E-state index in [1.165, 1.54) is 0 Å². The Kier molecular flexibility index (Phi) is 13.1. The molecule has 3 aliphatic rings. The molecule has 0 aromatic rings. The Bertz CT molecular complexity index is 1050. The fourth-order valence-corrected chi connectivity index (χ4v) is 5.56. The second-order valence-corrected chi connectivity index (χ2v) is 11.2. The molecule has 0 aromatic carbocycles. The van der Waals surface area contributed by atoms with Gasteiger partial charge in [0.05, 0.1) is 32.0 Å². The van der Waals surface area contributed by atoms with E-state index in [9.17, 15) is 70.6 Å². The molecule has 3 fully saturated rings. The van der Waals surface area contributed by atoms with Gasteiger partial charge in [0.15, 0.2) is 12.6 Å². The van der Waals surface area contributed by atoms with Crippen LogP contribution in [0.5, 0.6) is 0 Å². The highest BCUT2D eigenvalue weighted by atomic mass is 16.8. The number of rotatable bonds is 12. The number of hydrogen-bond donors (Lipinski definition) is 13. The largest absolute Gasteiger partial charge is 0.477 e. The average Bonchev–Trinajstić information content (AvgIpc) is 2.99. The van der Waals surface area contributed by atoms with Gasteiger partial charge < -0.3 is 90.5 Å². The zero-order chi connectivity index (χ0) is 34.7. The van der Waals surface area contributed by atoms with Gasteiger partial charge in [0.25, 0.3) is 5.79 Å². The maximum atomic E-state index is 12.6. The van der Waals surface area contributed by atoms with Crippen LogP contribution in [-0.2, 0) is 38.1 Å². The van der Waals surface area contributed by atoms with Crippen LogP contribution in [0.1, 0.15) is 20.3 Å². The Morgan fingerprint density at radius 3 is 1.91 bits per heavy atom. The summed E-state index contributed by atoms with van der Waals surface area (Å²) >= 11 is 0. The van der Waals surface area contributed by atoms with Gasteiger partial charge in [-0.3, -0.25) is 9.59 Å². The fourth-order valence-electron chi connectivity index (χ4n) is 5.56. The Morgan fingerprint density at radius 2 is 1.39 bits per heavy atom. The number of aliphatic hydroxyl groups is 10. The molecule has 2 amide bonds. The van der Waals surface area contributed by atoms with Gasteiger partial charge >= 0.3 is 5.97 Å². The molecule has 3 aliphatic heterocycles. The number of carboxylic acids is 1. The SMILES string of the molecule is CC(=O)N[C@@H]1[C@@H](O[C@@H]2O[C@H](CO)[C@@H](O)[C@H](O[C@]3(C(=O)O)C[C@H](O)[C@@H](NC(C)=O)[C@H]([C@H](O)[C@H](O)CO)O3)[C@H]2O)[C@H](O)[C@@H](CO)O[C@H]1O. The summed E-state index contributed by atoms with van der Waals surface area (Å²) in [7, 11) is 0. The van der Waals surface area contributed by atoms with Gasteiger partial charge in [-0.15, -0.1) is 0 Å². The second kappa shape index (κ2) is 15.8. The number of nitrogens with one attached hydrogen (secondary N) is 2. The smallest absolute Gasteiger partial charge is 0.364 e. The summed E-state index contributed by atoms with van der Waals surface area (Å²) < 4.78 is 27.3. The van der Waals surface area contributed by atoms with E-state index in [0.717, 1.165) is 13.8 Å². The number of aliphatic carboxylic acids is 1. The molecule has 21 heteroatoms. The first-order chi connectivity index (χ1) is 21.5. The average molecular weight is 675 g/mol. The minimum Gasteiger partial charge on any atom is -0.477 e. The summed E-state index contributed by atoms with van der Waals surface area (Å²) in [6, 6.07) is -3.08. The summed E-state index contributed by atoms with van der Waals surface area (Å²) in [6.07, 6.45) is -25.8. The quantitative estimate of drug-likeness (QED) is 0.0913. The van der Waals surface area contributed by atoms with Gasteiger partial charge in [-0.05, 0) is 0 Å². The predicted molar refractivity (Wildman–Crippen MR) is 142 cm³/mol. The third-order valence-corrected chi connectivity index (χ3v) is 7.87. The molecule has 0 radical (unpaired) electrons. The maximum Gasteiger partial charge on any atom is 0.364 e. The summed E-state index contributed by atoms with van der Waals surface area (Å²) in [5.74, 6) is -6.50. The zero-order valence-electron chi connectivity index (χ0n) is 24.7. The van der Waals surface area contributed by atoms with Crippen LogP contribution in [0.2, 0.25) is 0 Å².